The number of halogens is 10. The predicted octanol–water partition coefficient (Wildman–Crippen LogP) is 12.3. The third-order valence-corrected chi connectivity index (χ3v) is 16.3. The number of benzene rings is 3. The molecular formula is C73H74ClF9N18O9. The maximum atomic E-state index is 13.7. The van der Waals surface area contributed by atoms with Crippen molar-refractivity contribution in [1.29, 1.82) is 0 Å². The second-order valence-corrected chi connectivity index (χ2v) is 23.7. The van der Waals surface area contributed by atoms with Crippen LogP contribution in [-0.4, -0.2) is 180 Å². The summed E-state index contributed by atoms with van der Waals surface area (Å²) in [6, 6.07) is 31.6. The molecule has 37 heteroatoms. The van der Waals surface area contributed by atoms with Crippen LogP contribution in [-0.2, 0) is 32.7 Å². The number of para-hydroxylation sites is 3. The number of rotatable bonds is 16. The van der Waals surface area contributed by atoms with E-state index in [9.17, 15) is 68.3 Å². The summed E-state index contributed by atoms with van der Waals surface area (Å²) in [5.74, 6) is -0.501. The Morgan fingerprint density at radius 3 is 0.955 bits per heavy atom. The quantitative estimate of drug-likeness (QED) is 0.0320. The van der Waals surface area contributed by atoms with E-state index in [0.29, 0.717) is 120 Å². The van der Waals surface area contributed by atoms with Crippen LogP contribution in [0.3, 0.4) is 0 Å². The smallest absolute Gasteiger partial charge is 0.384 e. The Morgan fingerprint density at radius 1 is 0.373 bits per heavy atom. The average molecular weight is 1550 g/mol. The number of morpholine rings is 3. The van der Waals surface area contributed by atoms with Gasteiger partial charge < -0.3 is 77.2 Å². The molecule has 3 aromatic carbocycles. The lowest BCUT2D eigenvalue weighted by Gasteiger charge is -2.26. The van der Waals surface area contributed by atoms with Crippen LogP contribution in [0.5, 0.6) is 0 Å². The highest BCUT2D eigenvalue weighted by molar-refractivity contribution is 6.29. The molecule has 580 valence electrons. The molecule has 3 fully saturated rings. The zero-order valence-corrected chi connectivity index (χ0v) is 58.9. The molecule has 3 aliphatic rings. The van der Waals surface area contributed by atoms with Gasteiger partial charge in [-0.2, -0.15) is 39.5 Å². The Hall–Kier alpha value is -12.3. The van der Waals surface area contributed by atoms with Crippen molar-refractivity contribution in [2.45, 2.75) is 26.0 Å². The van der Waals surface area contributed by atoms with E-state index in [0.717, 1.165) is 6.07 Å². The van der Waals surface area contributed by atoms with Gasteiger partial charge in [0, 0.05) is 110 Å². The number of amides is 6. The first-order valence-corrected chi connectivity index (χ1v) is 33.4. The fraction of sp³-hybridized carbons (Fsp3) is 0.260. The van der Waals surface area contributed by atoms with Gasteiger partial charge >= 0.3 is 18.5 Å². The van der Waals surface area contributed by atoms with Gasteiger partial charge in [-0.15, -0.1) is 0 Å². The summed E-state index contributed by atoms with van der Waals surface area (Å²) in [4.78, 5) is 102. The van der Waals surface area contributed by atoms with Gasteiger partial charge in [-0.3, -0.25) is 28.8 Å². The van der Waals surface area contributed by atoms with Crippen LogP contribution in [0.2, 0.25) is 5.15 Å². The van der Waals surface area contributed by atoms with Crippen LogP contribution >= 0.6 is 11.6 Å². The maximum Gasteiger partial charge on any atom is 0.419 e. The van der Waals surface area contributed by atoms with E-state index in [2.05, 4.69) is 72.4 Å². The van der Waals surface area contributed by atoms with Crippen LogP contribution < -0.4 is 48.3 Å². The molecule has 3 aliphatic heterocycles. The van der Waals surface area contributed by atoms with Crippen molar-refractivity contribution >= 4 is 110 Å². The van der Waals surface area contributed by atoms with Crippen LogP contribution in [0.1, 0.15) is 86.3 Å². The minimum absolute atomic E-state index is 0. The number of ether oxygens (including phenoxy) is 3. The summed E-state index contributed by atoms with van der Waals surface area (Å²) < 4.78 is 137. The highest BCUT2D eigenvalue weighted by Crippen LogP contribution is 2.41. The largest absolute Gasteiger partial charge is 0.419 e. The van der Waals surface area contributed by atoms with Crippen molar-refractivity contribution in [1.82, 2.24) is 60.6 Å². The molecule has 6 amide bonds. The third-order valence-electron chi connectivity index (χ3n) is 16.1. The van der Waals surface area contributed by atoms with E-state index in [4.69, 9.17) is 31.5 Å². The van der Waals surface area contributed by atoms with Gasteiger partial charge in [0.05, 0.1) is 124 Å². The molecule has 0 radical (unpaired) electrons. The van der Waals surface area contributed by atoms with Crippen molar-refractivity contribution in [3.8, 4) is 0 Å². The molecule has 0 unspecified atom stereocenters. The fourth-order valence-corrected chi connectivity index (χ4v) is 10.7. The molecule has 3 saturated heterocycles. The molecular weight excluding hydrogens is 1480 g/mol. The topological polar surface area (TPSA) is 339 Å². The van der Waals surface area contributed by atoms with Gasteiger partial charge in [0.15, 0.2) is 0 Å². The SMILES string of the molecule is C.CNC(=O)c1ccccc1Nc1cc(Cl)ncc1C(F)(F)F.CNC(=O)c1ccccc1Nc1cc(Nc2ccc(C(=O)N3CCOCC3)cn2)ncc1C(F)(F)F.CNC(=O)c1ccccc1Nc1cc(Nc2ccc(C(=O)N3CCOCC3)cn2)ncc1C(F)(F)F.Nc1ccc(C(=O)N2CCOCC2)cn1. The summed E-state index contributed by atoms with van der Waals surface area (Å²) in [5, 5.41) is 21.0. The number of nitrogen functional groups attached to an aromatic ring is 1. The van der Waals surface area contributed by atoms with Crippen molar-refractivity contribution in [2.24, 2.45) is 0 Å². The second-order valence-electron chi connectivity index (χ2n) is 23.3. The maximum absolute atomic E-state index is 13.7. The van der Waals surface area contributed by atoms with Crippen LogP contribution in [0.25, 0.3) is 0 Å². The van der Waals surface area contributed by atoms with Crippen molar-refractivity contribution in [2.75, 3.05) is 132 Å². The normalized spacial score (nSPS) is 13.4. The van der Waals surface area contributed by atoms with E-state index >= 15 is 0 Å². The molecule has 6 aromatic heterocycles. The Morgan fingerprint density at radius 2 is 0.664 bits per heavy atom. The summed E-state index contributed by atoms with van der Waals surface area (Å²) >= 11 is 5.67. The minimum atomic E-state index is -4.68. The molecule has 12 rings (SSSR count). The molecule has 10 N–H and O–H groups in total. The van der Waals surface area contributed by atoms with E-state index in [-0.39, 0.29) is 104 Å². The molecule has 0 bridgehead atoms. The summed E-state index contributed by atoms with van der Waals surface area (Å²) in [5.41, 5.74) is 4.16. The van der Waals surface area contributed by atoms with Crippen molar-refractivity contribution in [3.63, 3.8) is 0 Å². The monoisotopic (exact) mass is 1550 g/mol. The predicted molar refractivity (Wildman–Crippen MR) is 393 cm³/mol. The third kappa shape index (κ3) is 22.9. The van der Waals surface area contributed by atoms with Crippen LogP contribution in [0.4, 0.5) is 103 Å². The lowest BCUT2D eigenvalue weighted by atomic mass is 10.1. The van der Waals surface area contributed by atoms with Crippen molar-refractivity contribution in [3.05, 3.63) is 220 Å². The molecule has 0 saturated carbocycles. The van der Waals surface area contributed by atoms with Gasteiger partial charge in [-0.05, 0) is 78.9 Å². The Kier molecular flexibility index (Phi) is 29.2. The number of carbonyl (C=O) groups excluding carboxylic acids is 6. The van der Waals surface area contributed by atoms with E-state index < -0.39 is 52.9 Å². The van der Waals surface area contributed by atoms with Gasteiger partial charge in [0.25, 0.3) is 35.4 Å². The number of hydrogen-bond acceptors (Lipinski definition) is 21. The van der Waals surface area contributed by atoms with Crippen molar-refractivity contribution < 1.29 is 82.5 Å². The summed E-state index contributed by atoms with van der Waals surface area (Å²) in [6.45, 7) is 6.37. The number of nitrogens with two attached hydrogens (primary N) is 1. The first-order valence-electron chi connectivity index (χ1n) is 33.0. The number of anilines is 11. The standard InChI is InChI=1S/2C24H23F3N6O3.C14H11ClF3N3O.C10H13N3O2.CH4/c2*1-28-22(34)16-4-2-3-5-18(16)31-19-12-21(30-14-17(19)24(25,26)27)32-20-7-6-15(13-29-20)23(35)33-8-10-36-11-9-33;1-19-13(22)8-4-2-3-5-10(8)21-11-6-12(15)20-7-9(11)14(16,17)18;11-9-2-1-8(7-12-9)10(14)13-3-5-15-6-4-13;/h2*2-7,12-14H,8-11H2,1H3,(H,28,34)(H2,29,30,31,32);2-7H,1H3,(H,19,22)(H,20,21);1-2,7H,3-6H2,(H2,11,12);1H4. The van der Waals surface area contributed by atoms with E-state index in [1.165, 1.54) is 88.3 Å². The Labute approximate surface area is 628 Å². The van der Waals surface area contributed by atoms with Gasteiger partial charge in [0.1, 0.15) is 34.2 Å². The summed E-state index contributed by atoms with van der Waals surface area (Å²) in [6.07, 6.45) is -7.63. The molecule has 27 nitrogen and oxygen atoms in total. The van der Waals surface area contributed by atoms with E-state index in [1.54, 1.807) is 87.5 Å². The van der Waals surface area contributed by atoms with E-state index in [1.807, 2.05) is 0 Å². The molecule has 9 aromatic rings. The van der Waals surface area contributed by atoms with Gasteiger partial charge in [-0.1, -0.05) is 55.4 Å². The zero-order valence-electron chi connectivity index (χ0n) is 58.1. The first kappa shape index (κ1) is 83.4. The highest BCUT2D eigenvalue weighted by atomic mass is 35.5. The zero-order chi connectivity index (χ0) is 78.4. The Bertz CT molecular complexity index is 4450. The molecule has 0 atom stereocenters. The number of carbonyl (C=O) groups is 6. The Balaban J connectivity index is 0.000000193. The number of pyridine rings is 6. The first-order chi connectivity index (χ1) is 52.1. The minimum Gasteiger partial charge on any atom is -0.384 e. The number of nitrogens with one attached hydrogen (secondary N) is 8. The second kappa shape index (κ2) is 38.5. The number of nitrogens with zero attached hydrogens (tertiary/aromatic N) is 9. The molecule has 0 spiro atoms. The highest BCUT2D eigenvalue weighted by Gasteiger charge is 2.37. The van der Waals surface area contributed by atoms with Crippen LogP contribution in [0, 0.1) is 0 Å². The lowest BCUT2D eigenvalue weighted by molar-refractivity contribution is -0.138. The lowest BCUT2D eigenvalue weighted by Crippen LogP contribution is -2.40. The average Bonchev–Trinajstić information content (AvgIpc) is 0.810. The van der Waals surface area contributed by atoms with Crippen LogP contribution in [0.15, 0.2) is 165 Å². The summed E-state index contributed by atoms with van der Waals surface area (Å²) in [7, 11) is 4.30. The number of aromatic nitrogens is 6. The molecule has 9 heterocycles. The number of hydrogen-bond donors (Lipinski definition) is 9. The van der Waals surface area contributed by atoms with Gasteiger partial charge in [-0.25, -0.2) is 29.9 Å². The molecule has 0 aliphatic carbocycles. The van der Waals surface area contributed by atoms with Gasteiger partial charge in [0.2, 0.25) is 0 Å². The fourth-order valence-electron chi connectivity index (χ4n) is 10.5. The number of alkyl halides is 9. The molecule has 110 heavy (non-hydrogen) atoms.